The maximum atomic E-state index is 11.8. The topological polar surface area (TPSA) is 29.5 Å². The molecule has 3 nitrogen and oxygen atoms in total. The SMILES string of the molecule is CC(C)N(CCC(c1ccccc1)c1cc(C=O)ccc1O[Si](C(C)C)(C(C)C)C(C)C)C(C)C. The van der Waals surface area contributed by atoms with E-state index in [0.29, 0.717) is 34.3 Å². The Labute approximate surface area is 216 Å². The Bertz CT molecular complexity index is 891. The molecule has 0 spiro atoms. The molecule has 2 rings (SSSR count). The van der Waals surface area contributed by atoms with Crippen LogP contribution in [-0.2, 0) is 0 Å². The van der Waals surface area contributed by atoms with E-state index in [-0.39, 0.29) is 5.92 Å². The molecule has 4 heteroatoms. The van der Waals surface area contributed by atoms with Crippen LogP contribution in [0.3, 0.4) is 0 Å². The highest BCUT2D eigenvalue weighted by atomic mass is 28.4. The van der Waals surface area contributed by atoms with Gasteiger partial charge in [-0.1, -0.05) is 71.9 Å². The summed E-state index contributed by atoms with van der Waals surface area (Å²) < 4.78 is 7.23. The number of hydrogen-bond donors (Lipinski definition) is 0. The fourth-order valence-electron chi connectivity index (χ4n) is 6.13. The molecule has 0 bridgehead atoms. The zero-order chi connectivity index (χ0) is 26.3. The zero-order valence-electron chi connectivity index (χ0n) is 23.8. The van der Waals surface area contributed by atoms with E-state index in [4.69, 9.17) is 4.43 Å². The minimum Gasteiger partial charge on any atom is -0.542 e. The van der Waals surface area contributed by atoms with Crippen molar-refractivity contribution in [3.8, 4) is 5.75 Å². The van der Waals surface area contributed by atoms with E-state index in [2.05, 4.69) is 117 Å². The van der Waals surface area contributed by atoms with Gasteiger partial charge in [-0.15, -0.1) is 0 Å². The number of carbonyl (C=O) groups is 1. The van der Waals surface area contributed by atoms with Gasteiger partial charge in [-0.25, -0.2) is 0 Å². The molecule has 0 aliphatic carbocycles. The molecule has 0 saturated heterocycles. The Balaban J connectivity index is 2.65. The van der Waals surface area contributed by atoms with Crippen molar-refractivity contribution >= 4 is 14.6 Å². The fraction of sp³-hybridized carbons (Fsp3) is 0.581. The lowest BCUT2D eigenvalue weighted by atomic mass is 9.86. The van der Waals surface area contributed by atoms with Crippen LogP contribution in [0, 0.1) is 0 Å². The Kier molecular flexibility index (Phi) is 10.8. The molecule has 194 valence electrons. The number of aldehydes is 1. The number of carbonyl (C=O) groups excluding carboxylic acids is 1. The maximum Gasteiger partial charge on any atom is 0.258 e. The number of nitrogens with zero attached hydrogens (tertiary/aromatic N) is 1. The Morgan fingerprint density at radius 3 is 1.80 bits per heavy atom. The van der Waals surface area contributed by atoms with Crippen LogP contribution in [0.25, 0.3) is 0 Å². The van der Waals surface area contributed by atoms with Gasteiger partial charge in [-0.3, -0.25) is 9.69 Å². The van der Waals surface area contributed by atoms with Crippen LogP contribution in [0.4, 0.5) is 0 Å². The lowest BCUT2D eigenvalue weighted by molar-refractivity contribution is 0.112. The van der Waals surface area contributed by atoms with Crippen molar-refractivity contribution in [2.75, 3.05) is 6.54 Å². The summed E-state index contributed by atoms with van der Waals surface area (Å²) in [6.45, 7) is 24.0. The summed E-state index contributed by atoms with van der Waals surface area (Å²) in [5, 5.41) is 0. The lowest BCUT2D eigenvalue weighted by Gasteiger charge is -2.43. The molecule has 2 aromatic carbocycles. The predicted molar refractivity (Wildman–Crippen MR) is 153 cm³/mol. The summed E-state index contributed by atoms with van der Waals surface area (Å²) in [7, 11) is -2.15. The van der Waals surface area contributed by atoms with E-state index < -0.39 is 8.32 Å². The molecule has 2 aromatic rings. The molecular formula is C31H49NO2Si. The van der Waals surface area contributed by atoms with Gasteiger partial charge in [0.25, 0.3) is 8.32 Å². The average molecular weight is 496 g/mol. The lowest BCUT2D eigenvalue weighted by Crippen LogP contribution is -2.51. The molecule has 1 atom stereocenters. The number of benzene rings is 2. The largest absolute Gasteiger partial charge is 0.542 e. The van der Waals surface area contributed by atoms with Crippen molar-refractivity contribution in [3.63, 3.8) is 0 Å². The van der Waals surface area contributed by atoms with Crippen molar-refractivity contribution in [1.29, 1.82) is 0 Å². The van der Waals surface area contributed by atoms with Crippen LogP contribution in [0.1, 0.15) is 103 Å². The second-order valence-corrected chi connectivity index (χ2v) is 16.9. The molecule has 1 unspecified atom stereocenters. The van der Waals surface area contributed by atoms with Crippen LogP contribution >= 0.6 is 0 Å². The number of hydrogen-bond acceptors (Lipinski definition) is 3. The van der Waals surface area contributed by atoms with Crippen molar-refractivity contribution in [2.24, 2.45) is 0 Å². The van der Waals surface area contributed by atoms with E-state index in [0.717, 1.165) is 30.6 Å². The molecule has 0 saturated carbocycles. The Morgan fingerprint density at radius 1 is 0.800 bits per heavy atom. The van der Waals surface area contributed by atoms with Gasteiger partial charge in [-0.05, 0) is 81.0 Å². The third-order valence-electron chi connectivity index (χ3n) is 7.74. The Morgan fingerprint density at radius 2 is 1.34 bits per heavy atom. The van der Waals surface area contributed by atoms with E-state index >= 15 is 0 Å². The van der Waals surface area contributed by atoms with Gasteiger partial charge < -0.3 is 4.43 Å². The fourth-order valence-corrected chi connectivity index (χ4v) is 11.4. The summed E-state index contributed by atoms with van der Waals surface area (Å²) in [6.07, 6.45) is 1.93. The summed E-state index contributed by atoms with van der Waals surface area (Å²) in [5.41, 5.74) is 4.57. The van der Waals surface area contributed by atoms with Crippen molar-refractivity contribution in [2.45, 2.75) is 110 Å². The van der Waals surface area contributed by atoms with Crippen LogP contribution in [0.5, 0.6) is 5.75 Å². The first-order chi connectivity index (χ1) is 16.4. The minimum atomic E-state index is -2.15. The standard InChI is InChI=1S/C31H49NO2Si/c1-22(2)32(23(3)4)19-18-29(28-14-12-11-13-15-28)30-20-27(21-33)16-17-31(30)34-35(24(5)6,25(7)8)26(9)10/h11-17,20-26,29H,18-19H2,1-10H3. The van der Waals surface area contributed by atoms with Crippen molar-refractivity contribution in [1.82, 2.24) is 4.90 Å². The first kappa shape index (κ1) is 29.3. The highest BCUT2D eigenvalue weighted by molar-refractivity contribution is 6.78. The van der Waals surface area contributed by atoms with Gasteiger partial charge in [0.2, 0.25) is 0 Å². The quantitative estimate of drug-likeness (QED) is 0.205. The van der Waals surface area contributed by atoms with E-state index in [1.807, 2.05) is 6.07 Å². The first-order valence-corrected chi connectivity index (χ1v) is 15.7. The highest BCUT2D eigenvalue weighted by Gasteiger charge is 2.47. The van der Waals surface area contributed by atoms with Crippen LogP contribution in [0.2, 0.25) is 16.6 Å². The zero-order valence-corrected chi connectivity index (χ0v) is 24.8. The minimum absolute atomic E-state index is 0.157. The highest BCUT2D eigenvalue weighted by Crippen LogP contribution is 2.45. The predicted octanol–water partition coefficient (Wildman–Crippen LogP) is 8.69. The normalized spacial score (nSPS) is 13.5. The van der Waals surface area contributed by atoms with E-state index in [1.54, 1.807) is 0 Å². The molecule has 0 aromatic heterocycles. The van der Waals surface area contributed by atoms with Gasteiger partial charge >= 0.3 is 0 Å². The van der Waals surface area contributed by atoms with Crippen LogP contribution < -0.4 is 4.43 Å². The molecule has 0 aliphatic heterocycles. The molecular weight excluding hydrogens is 446 g/mol. The third kappa shape index (κ3) is 6.86. The van der Waals surface area contributed by atoms with Gasteiger partial charge in [0.05, 0.1) is 0 Å². The maximum absolute atomic E-state index is 11.8. The summed E-state index contributed by atoms with van der Waals surface area (Å²) >= 11 is 0. The summed E-state index contributed by atoms with van der Waals surface area (Å²) in [5.74, 6) is 1.12. The molecule has 35 heavy (non-hydrogen) atoms. The third-order valence-corrected chi connectivity index (χ3v) is 13.7. The van der Waals surface area contributed by atoms with E-state index in [9.17, 15) is 4.79 Å². The summed E-state index contributed by atoms with van der Waals surface area (Å²) in [6, 6.07) is 17.8. The number of rotatable bonds is 13. The van der Waals surface area contributed by atoms with Crippen molar-refractivity contribution in [3.05, 3.63) is 65.2 Å². The molecule has 0 radical (unpaired) electrons. The summed E-state index contributed by atoms with van der Waals surface area (Å²) in [4.78, 5) is 14.4. The van der Waals surface area contributed by atoms with E-state index in [1.165, 1.54) is 5.56 Å². The second kappa shape index (κ2) is 12.9. The van der Waals surface area contributed by atoms with Crippen LogP contribution in [-0.4, -0.2) is 38.1 Å². The molecule has 0 aliphatic rings. The van der Waals surface area contributed by atoms with Gasteiger partial charge in [0, 0.05) is 29.1 Å². The molecule has 0 heterocycles. The van der Waals surface area contributed by atoms with Crippen LogP contribution in [0.15, 0.2) is 48.5 Å². The Hall–Kier alpha value is -1.91. The molecule has 0 N–H and O–H groups in total. The average Bonchev–Trinajstić information content (AvgIpc) is 2.79. The monoisotopic (exact) mass is 495 g/mol. The van der Waals surface area contributed by atoms with Crippen molar-refractivity contribution < 1.29 is 9.22 Å². The van der Waals surface area contributed by atoms with Gasteiger partial charge in [0.1, 0.15) is 12.0 Å². The smallest absolute Gasteiger partial charge is 0.258 e. The molecule has 0 fully saturated rings. The van der Waals surface area contributed by atoms with Gasteiger partial charge in [-0.2, -0.15) is 0 Å². The van der Waals surface area contributed by atoms with Gasteiger partial charge in [0.15, 0.2) is 0 Å². The first-order valence-electron chi connectivity index (χ1n) is 13.5. The molecule has 0 amide bonds. The second-order valence-electron chi connectivity index (χ2n) is 11.5.